The maximum absolute atomic E-state index is 5.91. The van der Waals surface area contributed by atoms with Gasteiger partial charge in [0.15, 0.2) is 5.65 Å². The quantitative estimate of drug-likeness (QED) is 0.780. The molecule has 2 aromatic heterocycles. The molecule has 3 nitrogen and oxygen atoms in total. The maximum atomic E-state index is 5.91. The predicted molar refractivity (Wildman–Crippen MR) is 78.6 cm³/mol. The van der Waals surface area contributed by atoms with E-state index in [-0.39, 0.29) is 0 Å². The normalized spacial score (nSPS) is 17.0. The lowest BCUT2D eigenvalue weighted by Crippen LogP contribution is -2.14. The van der Waals surface area contributed by atoms with Gasteiger partial charge in [-0.2, -0.15) is 0 Å². The first-order chi connectivity index (χ1) is 9.17. The number of fused-ring (bicyclic) bond motifs is 1. The Hall–Kier alpha value is -1.09. The van der Waals surface area contributed by atoms with Crippen LogP contribution in [-0.4, -0.2) is 20.4 Å². The molecule has 0 amide bonds. The number of imidazole rings is 1. The van der Waals surface area contributed by atoms with Crippen molar-refractivity contribution in [2.75, 3.05) is 5.88 Å². The molecule has 0 spiro atoms. The molecular formula is C15H20ClN3. The van der Waals surface area contributed by atoms with E-state index in [0.717, 1.165) is 35.5 Å². The predicted octanol–water partition coefficient (Wildman–Crippen LogP) is 3.71. The SMILES string of the molecule is CCC1(Cn2c(CCCl)nc3cc(C)cnc32)CC1. The molecule has 19 heavy (non-hydrogen) atoms. The van der Waals surface area contributed by atoms with Crippen LogP contribution in [0, 0.1) is 12.3 Å². The summed E-state index contributed by atoms with van der Waals surface area (Å²) in [5, 5.41) is 0. The Kier molecular flexibility index (Phi) is 3.25. The molecule has 0 aliphatic heterocycles. The van der Waals surface area contributed by atoms with Crippen molar-refractivity contribution in [2.24, 2.45) is 5.41 Å². The highest BCUT2D eigenvalue weighted by Gasteiger charge is 2.41. The first kappa shape index (κ1) is 12.9. The van der Waals surface area contributed by atoms with E-state index in [1.807, 2.05) is 6.20 Å². The van der Waals surface area contributed by atoms with Crippen molar-refractivity contribution >= 4 is 22.8 Å². The van der Waals surface area contributed by atoms with Gasteiger partial charge in [0.05, 0.1) is 0 Å². The molecule has 0 atom stereocenters. The second-order valence-electron chi connectivity index (χ2n) is 5.76. The Morgan fingerprint density at radius 2 is 2.21 bits per heavy atom. The molecule has 4 heteroatoms. The van der Waals surface area contributed by atoms with Crippen LogP contribution in [0.25, 0.3) is 11.2 Å². The van der Waals surface area contributed by atoms with Gasteiger partial charge in [-0.1, -0.05) is 6.92 Å². The standard InChI is InChI=1S/C15H20ClN3/c1-3-15(5-6-15)10-19-13(4-7-16)18-12-8-11(2)9-17-14(12)19/h8-9H,3-7,10H2,1-2H3. The van der Waals surface area contributed by atoms with Crippen LogP contribution in [0.1, 0.15) is 37.6 Å². The van der Waals surface area contributed by atoms with E-state index in [1.54, 1.807) is 0 Å². The van der Waals surface area contributed by atoms with Crippen molar-refractivity contribution in [3.63, 3.8) is 0 Å². The summed E-state index contributed by atoms with van der Waals surface area (Å²) in [6.45, 7) is 5.38. The number of rotatable bonds is 5. The van der Waals surface area contributed by atoms with Gasteiger partial charge in [-0.25, -0.2) is 9.97 Å². The number of hydrogen-bond acceptors (Lipinski definition) is 2. The zero-order valence-electron chi connectivity index (χ0n) is 11.6. The molecule has 1 aliphatic carbocycles. The van der Waals surface area contributed by atoms with Crippen LogP contribution in [0.15, 0.2) is 12.3 Å². The summed E-state index contributed by atoms with van der Waals surface area (Å²) in [5.74, 6) is 1.70. The molecule has 1 fully saturated rings. The fourth-order valence-corrected chi connectivity index (χ4v) is 2.90. The Balaban J connectivity index is 2.06. The molecule has 0 aromatic carbocycles. The smallest absolute Gasteiger partial charge is 0.160 e. The zero-order valence-corrected chi connectivity index (χ0v) is 12.4. The van der Waals surface area contributed by atoms with Crippen LogP contribution >= 0.6 is 11.6 Å². The Bertz CT molecular complexity index is 599. The summed E-state index contributed by atoms with van der Waals surface area (Å²) < 4.78 is 2.30. The largest absolute Gasteiger partial charge is 0.312 e. The van der Waals surface area contributed by atoms with E-state index in [9.17, 15) is 0 Å². The van der Waals surface area contributed by atoms with Crippen molar-refractivity contribution < 1.29 is 0 Å². The van der Waals surface area contributed by atoms with E-state index in [0.29, 0.717) is 11.3 Å². The highest BCUT2D eigenvalue weighted by molar-refractivity contribution is 6.17. The topological polar surface area (TPSA) is 30.7 Å². The molecule has 2 aromatic rings. The molecule has 0 unspecified atom stereocenters. The minimum atomic E-state index is 0.487. The van der Waals surface area contributed by atoms with E-state index in [1.165, 1.54) is 19.3 Å². The van der Waals surface area contributed by atoms with Crippen LogP contribution in [0.3, 0.4) is 0 Å². The van der Waals surface area contributed by atoms with Gasteiger partial charge in [-0.3, -0.25) is 0 Å². The summed E-state index contributed by atoms with van der Waals surface area (Å²) in [6, 6.07) is 2.11. The summed E-state index contributed by atoms with van der Waals surface area (Å²) in [6.07, 6.45) is 6.64. The maximum Gasteiger partial charge on any atom is 0.160 e. The highest BCUT2D eigenvalue weighted by atomic mass is 35.5. The fraction of sp³-hybridized carbons (Fsp3) is 0.600. The summed E-state index contributed by atoms with van der Waals surface area (Å²) in [7, 11) is 0. The first-order valence-electron chi connectivity index (χ1n) is 7.05. The van der Waals surface area contributed by atoms with Crippen molar-refractivity contribution in [1.29, 1.82) is 0 Å². The lowest BCUT2D eigenvalue weighted by molar-refractivity contribution is 0.407. The summed E-state index contributed by atoms with van der Waals surface area (Å²) >= 11 is 5.91. The van der Waals surface area contributed by atoms with E-state index < -0.39 is 0 Å². The Morgan fingerprint density at radius 1 is 1.42 bits per heavy atom. The van der Waals surface area contributed by atoms with Crippen molar-refractivity contribution in [3.8, 4) is 0 Å². The number of aryl methyl sites for hydroxylation is 2. The number of alkyl halides is 1. The molecule has 0 saturated heterocycles. The van der Waals surface area contributed by atoms with E-state index in [2.05, 4.69) is 29.5 Å². The first-order valence-corrected chi connectivity index (χ1v) is 7.59. The lowest BCUT2D eigenvalue weighted by Gasteiger charge is -2.15. The van der Waals surface area contributed by atoms with E-state index in [4.69, 9.17) is 16.6 Å². The van der Waals surface area contributed by atoms with Crippen molar-refractivity contribution in [1.82, 2.24) is 14.5 Å². The van der Waals surface area contributed by atoms with Gasteiger partial charge in [-0.05, 0) is 43.2 Å². The van der Waals surface area contributed by atoms with Crippen molar-refractivity contribution in [3.05, 3.63) is 23.7 Å². The Morgan fingerprint density at radius 3 is 2.84 bits per heavy atom. The molecule has 1 aliphatic rings. The monoisotopic (exact) mass is 277 g/mol. The number of nitrogens with zero attached hydrogens (tertiary/aromatic N) is 3. The van der Waals surface area contributed by atoms with Crippen LogP contribution in [0.5, 0.6) is 0 Å². The van der Waals surface area contributed by atoms with Gasteiger partial charge in [0.25, 0.3) is 0 Å². The molecule has 2 heterocycles. The summed E-state index contributed by atoms with van der Waals surface area (Å²) in [4.78, 5) is 9.31. The van der Waals surface area contributed by atoms with Crippen LogP contribution < -0.4 is 0 Å². The third kappa shape index (κ3) is 2.36. The number of aromatic nitrogens is 3. The third-order valence-electron chi connectivity index (χ3n) is 4.32. The molecular weight excluding hydrogens is 258 g/mol. The third-order valence-corrected chi connectivity index (χ3v) is 4.51. The molecule has 0 bridgehead atoms. The van der Waals surface area contributed by atoms with Crippen LogP contribution in [0.2, 0.25) is 0 Å². The minimum absolute atomic E-state index is 0.487. The number of halogens is 1. The lowest BCUT2D eigenvalue weighted by atomic mass is 10.0. The molecule has 3 rings (SSSR count). The molecule has 0 radical (unpaired) electrons. The van der Waals surface area contributed by atoms with Gasteiger partial charge in [0.2, 0.25) is 0 Å². The average molecular weight is 278 g/mol. The van der Waals surface area contributed by atoms with Gasteiger partial charge in [0.1, 0.15) is 11.3 Å². The second kappa shape index (κ2) is 4.78. The average Bonchev–Trinajstić information content (AvgIpc) is 3.10. The molecule has 0 N–H and O–H groups in total. The molecule has 102 valence electrons. The number of hydrogen-bond donors (Lipinski definition) is 0. The second-order valence-corrected chi connectivity index (χ2v) is 6.14. The van der Waals surface area contributed by atoms with Crippen molar-refractivity contribution in [2.45, 2.75) is 46.1 Å². The number of pyridine rings is 1. The molecule has 1 saturated carbocycles. The minimum Gasteiger partial charge on any atom is -0.312 e. The van der Waals surface area contributed by atoms with Gasteiger partial charge in [-0.15, -0.1) is 11.6 Å². The van der Waals surface area contributed by atoms with Gasteiger partial charge < -0.3 is 4.57 Å². The van der Waals surface area contributed by atoms with Gasteiger partial charge >= 0.3 is 0 Å². The Labute approximate surface area is 119 Å². The fourth-order valence-electron chi connectivity index (χ4n) is 2.74. The van der Waals surface area contributed by atoms with Crippen LogP contribution in [0.4, 0.5) is 0 Å². The van der Waals surface area contributed by atoms with E-state index >= 15 is 0 Å². The zero-order chi connectivity index (χ0) is 13.5. The summed E-state index contributed by atoms with van der Waals surface area (Å²) in [5.41, 5.74) is 3.67. The van der Waals surface area contributed by atoms with Gasteiger partial charge in [0, 0.05) is 25.0 Å². The highest BCUT2D eigenvalue weighted by Crippen LogP contribution is 2.50. The van der Waals surface area contributed by atoms with Crippen LogP contribution in [-0.2, 0) is 13.0 Å².